The molecule has 1 fully saturated rings. The van der Waals surface area contributed by atoms with Crippen molar-refractivity contribution in [3.05, 3.63) is 72.6 Å². The van der Waals surface area contributed by atoms with Crippen LogP contribution in [0, 0.1) is 5.82 Å². The molecule has 2 heterocycles. The SMILES string of the molecule is C=CCN1C(=O)c2ccccc2N2C(=O)CC[C@]12C(=O)Nc1cccc(F)c1. The van der Waals surface area contributed by atoms with Gasteiger partial charge < -0.3 is 10.2 Å². The van der Waals surface area contributed by atoms with Crippen LogP contribution in [-0.4, -0.2) is 34.8 Å². The number of para-hydroxylation sites is 1. The Kier molecular flexibility index (Phi) is 4.22. The van der Waals surface area contributed by atoms with Gasteiger partial charge in [0.2, 0.25) is 11.6 Å². The van der Waals surface area contributed by atoms with Crippen LogP contribution in [-0.2, 0) is 9.59 Å². The smallest absolute Gasteiger partial charge is 0.271 e. The molecular formula is C21H18FN3O3. The van der Waals surface area contributed by atoms with Gasteiger partial charge in [-0.2, -0.15) is 0 Å². The molecule has 2 aliphatic rings. The van der Waals surface area contributed by atoms with E-state index in [0.717, 1.165) is 0 Å². The lowest BCUT2D eigenvalue weighted by Gasteiger charge is -2.48. The van der Waals surface area contributed by atoms with E-state index in [1.165, 1.54) is 34.1 Å². The number of carbonyl (C=O) groups is 3. The zero-order valence-electron chi connectivity index (χ0n) is 15.0. The van der Waals surface area contributed by atoms with Gasteiger partial charge >= 0.3 is 0 Å². The number of benzene rings is 2. The number of hydrogen-bond donors (Lipinski definition) is 1. The van der Waals surface area contributed by atoms with Crippen LogP contribution in [0.25, 0.3) is 0 Å². The van der Waals surface area contributed by atoms with Crippen LogP contribution in [0.15, 0.2) is 61.2 Å². The van der Waals surface area contributed by atoms with Crippen molar-refractivity contribution in [3.63, 3.8) is 0 Å². The minimum atomic E-state index is -1.52. The number of rotatable bonds is 4. The molecule has 2 aromatic carbocycles. The average molecular weight is 379 g/mol. The summed E-state index contributed by atoms with van der Waals surface area (Å²) in [6.45, 7) is 3.78. The Morgan fingerprint density at radius 1 is 1.21 bits per heavy atom. The molecule has 1 N–H and O–H groups in total. The van der Waals surface area contributed by atoms with Crippen LogP contribution < -0.4 is 10.2 Å². The molecule has 7 heteroatoms. The molecule has 0 spiro atoms. The standard InChI is InChI=1S/C21H18FN3O3/c1-2-12-24-19(27)16-8-3-4-9-17(16)25-18(26)10-11-21(24,25)20(28)23-15-7-5-6-14(22)13-15/h2-9,13H,1,10-12H2,(H,23,28)/t21-/m0/s1. The van der Waals surface area contributed by atoms with Gasteiger partial charge in [0, 0.05) is 25.1 Å². The number of amides is 3. The van der Waals surface area contributed by atoms with Gasteiger partial charge in [0.15, 0.2) is 0 Å². The first-order valence-corrected chi connectivity index (χ1v) is 8.91. The quantitative estimate of drug-likeness (QED) is 0.831. The summed E-state index contributed by atoms with van der Waals surface area (Å²) in [5.41, 5.74) is -0.509. The van der Waals surface area contributed by atoms with Crippen LogP contribution in [0.1, 0.15) is 23.2 Å². The number of halogens is 1. The Morgan fingerprint density at radius 3 is 2.75 bits per heavy atom. The number of fused-ring (bicyclic) bond motifs is 3. The molecule has 28 heavy (non-hydrogen) atoms. The lowest BCUT2D eigenvalue weighted by atomic mass is 9.95. The Bertz CT molecular complexity index is 1010. The van der Waals surface area contributed by atoms with Crippen LogP contribution in [0.4, 0.5) is 15.8 Å². The Balaban J connectivity index is 1.85. The number of anilines is 2. The fourth-order valence-electron chi connectivity index (χ4n) is 3.96. The molecule has 4 rings (SSSR count). The molecular weight excluding hydrogens is 361 g/mol. The number of hydrogen-bond acceptors (Lipinski definition) is 3. The highest BCUT2D eigenvalue weighted by Gasteiger charge is 2.60. The van der Waals surface area contributed by atoms with Crippen molar-refractivity contribution in [2.45, 2.75) is 18.5 Å². The molecule has 1 atom stereocenters. The molecule has 0 aromatic heterocycles. The predicted octanol–water partition coefficient (Wildman–Crippen LogP) is 2.93. The average Bonchev–Trinajstić information content (AvgIpc) is 3.04. The van der Waals surface area contributed by atoms with E-state index in [-0.39, 0.29) is 36.9 Å². The van der Waals surface area contributed by atoms with Crippen LogP contribution in [0.5, 0.6) is 0 Å². The first-order chi connectivity index (χ1) is 13.5. The van der Waals surface area contributed by atoms with Crippen LogP contribution in [0.2, 0.25) is 0 Å². The maximum Gasteiger partial charge on any atom is 0.271 e. The third-order valence-corrected chi connectivity index (χ3v) is 5.13. The van der Waals surface area contributed by atoms with Crippen molar-refractivity contribution in [1.29, 1.82) is 0 Å². The van der Waals surface area contributed by atoms with Crippen molar-refractivity contribution in [2.24, 2.45) is 0 Å². The highest BCUT2D eigenvalue weighted by Crippen LogP contribution is 2.44. The molecule has 0 aliphatic carbocycles. The molecule has 2 aliphatic heterocycles. The third kappa shape index (κ3) is 2.51. The van der Waals surface area contributed by atoms with Gasteiger partial charge in [-0.25, -0.2) is 4.39 Å². The Morgan fingerprint density at radius 2 is 2.00 bits per heavy atom. The number of carbonyl (C=O) groups excluding carboxylic acids is 3. The summed E-state index contributed by atoms with van der Waals surface area (Å²) in [5.74, 6) is -1.66. The van der Waals surface area contributed by atoms with Crippen molar-refractivity contribution >= 4 is 29.1 Å². The fourth-order valence-corrected chi connectivity index (χ4v) is 3.96. The van der Waals surface area contributed by atoms with Crippen molar-refractivity contribution < 1.29 is 18.8 Å². The highest BCUT2D eigenvalue weighted by atomic mass is 19.1. The lowest BCUT2D eigenvalue weighted by Crippen LogP contribution is -2.69. The minimum absolute atomic E-state index is 0.0908. The molecule has 142 valence electrons. The summed E-state index contributed by atoms with van der Waals surface area (Å²) >= 11 is 0. The van der Waals surface area contributed by atoms with Crippen molar-refractivity contribution in [2.75, 3.05) is 16.8 Å². The topological polar surface area (TPSA) is 69.7 Å². The zero-order chi connectivity index (χ0) is 19.9. The summed E-state index contributed by atoms with van der Waals surface area (Å²) in [4.78, 5) is 42.1. The summed E-state index contributed by atoms with van der Waals surface area (Å²) < 4.78 is 13.6. The summed E-state index contributed by atoms with van der Waals surface area (Å²) in [7, 11) is 0. The van der Waals surface area contributed by atoms with E-state index in [1.54, 1.807) is 30.3 Å². The maximum atomic E-state index is 13.6. The second-order valence-corrected chi connectivity index (χ2v) is 6.73. The largest absolute Gasteiger partial charge is 0.322 e. The summed E-state index contributed by atoms with van der Waals surface area (Å²) in [6, 6.07) is 12.2. The van der Waals surface area contributed by atoms with Crippen LogP contribution >= 0.6 is 0 Å². The van der Waals surface area contributed by atoms with E-state index in [2.05, 4.69) is 11.9 Å². The molecule has 1 saturated heterocycles. The molecule has 0 unspecified atom stereocenters. The molecule has 3 amide bonds. The molecule has 0 bridgehead atoms. The number of nitrogens with one attached hydrogen (secondary N) is 1. The highest BCUT2D eigenvalue weighted by molar-refractivity contribution is 6.18. The Labute approximate surface area is 161 Å². The van der Waals surface area contributed by atoms with Gasteiger partial charge in [0.25, 0.3) is 11.8 Å². The first-order valence-electron chi connectivity index (χ1n) is 8.91. The van der Waals surface area contributed by atoms with E-state index in [9.17, 15) is 18.8 Å². The molecule has 0 radical (unpaired) electrons. The normalized spacial score (nSPS) is 20.6. The van der Waals surface area contributed by atoms with Crippen LogP contribution in [0.3, 0.4) is 0 Å². The maximum absolute atomic E-state index is 13.6. The molecule has 2 aromatic rings. The van der Waals surface area contributed by atoms with E-state index in [4.69, 9.17) is 0 Å². The summed E-state index contributed by atoms with van der Waals surface area (Å²) in [5, 5.41) is 2.67. The van der Waals surface area contributed by atoms with E-state index in [0.29, 0.717) is 11.3 Å². The van der Waals surface area contributed by atoms with E-state index in [1.807, 2.05) is 0 Å². The Hall–Kier alpha value is -3.48. The van der Waals surface area contributed by atoms with Gasteiger partial charge in [-0.05, 0) is 30.3 Å². The van der Waals surface area contributed by atoms with Gasteiger partial charge in [0.05, 0.1) is 11.3 Å². The molecule has 0 saturated carbocycles. The fraction of sp³-hybridized carbons (Fsp3) is 0.190. The second-order valence-electron chi connectivity index (χ2n) is 6.73. The number of nitrogens with zero attached hydrogens (tertiary/aromatic N) is 2. The van der Waals surface area contributed by atoms with E-state index < -0.39 is 17.4 Å². The van der Waals surface area contributed by atoms with E-state index >= 15 is 0 Å². The van der Waals surface area contributed by atoms with Gasteiger partial charge in [-0.1, -0.05) is 24.3 Å². The van der Waals surface area contributed by atoms with Gasteiger partial charge in [-0.3, -0.25) is 19.3 Å². The van der Waals surface area contributed by atoms with Crippen molar-refractivity contribution in [3.8, 4) is 0 Å². The van der Waals surface area contributed by atoms with Gasteiger partial charge in [-0.15, -0.1) is 6.58 Å². The lowest BCUT2D eigenvalue weighted by molar-refractivity contribution is -0.128. The zero-order valence-corrected chi connectivity index (χ0v) is 15.0. The summed E-state index contributed by atoms with van der Waals surface area (Å²) in [6.07, 6.45) is 1.77. The van der Waals surface area contributed by atoms with Gasteiger partial charge in [0.1, 0.15) is 5.82 Å². The third-order valence-electron chi connectivity index (χ3n) is 5.13. The second kappa shape index (κ2) is 6.60. The predicted molar refractivity (Wildman–Crippen MR) is 102 cm³/mol. The first kappa shape index (κ1) is 17.9. The molecule has 6 nitrogen and oxygen atoms in total. The minimum Gasteiger partial charge on any atom is -0.322 e. The monoisotopic (exact) mass is 379 g/mol. The van der Waals surface area contributed by atoms with Crippen molar-refractivity contribution in [1.82, 2.24) is 4.90 Å².